The number of hydrogen-bond donors (Lipinski definition) is 1. The van der Waals surface area contributed by atoms with Gasteiger partial charge >= 0.3 is 0 Å². The van der Waals surface area contributed by atoms with Crippen LogP contribution >= 0.6 is 0 Å². The van der Waals surface area contributed by atoms with E-state index in [1.165, 1.54) is 0 Å². The second-order valence-electron chi connectivity index (χ2n) is 8.23. The molecule has 0 unspecified atom stereocenters. The van der Waals surface area contributed by atoms with Crippen LogP contribution in [0.2, 0.25) is 0 Å². The maximum atomic E-state index is 13.1. The fraction of sp³-hybridized carbons (Fsp3) is 0.148. The van der Waals surface area contributed by atoms with E-state index in [1.54, 1.807) is 36.3 Å². The Morgan fingerprint density at radius 1 is 1.12 bits per heavy atom. The van der Waals surface area contributed by atoms with Crippen molar-refractivity contribution in [3.05, 3.63) is 95.2 Å². The van der Waals surface area contributed by atoms with Gasteiger partial charge in [0.2, 0.25) is 0 Å². The van der Waals surface area contributed by atoms with Crippen LogP contribution in [0.3, 0.4) is 0 Å². The van der Waals surface area contributed by atoms with Crippen LogP contribution in [0.15, 0.2) is 72.8 Å². The van der Waals surface area contributed by atoms with Crippen LogP contribution in [-0.4, -0.2) is 40.4 Å². The van der Waals surface area contributed by atoms with Gasteiger partial charge in [0.1, 0.15) is 5.75 Å². The number of benzene rings is 3. The molecule has 3 aromatic carbocycles. The van der Waals surface area contributed by atoms with Gasteiger partial charge in [-0.2, -0.15) is 5.10 Å². The highest BCUT2D eigenvalue weighted by Gasteiger charge is 2.30. The van der Waals surface area contributed by atoms with Crippen LogP contribution in [0.25, 0.3) is 22.0 Å². The van der Waals surface area contributed by atoms with Gasteiger partial charge in [-0.25, -0.2) is 0 Å². The van der Waals surface area contributed by atoms with E-state index in [0.717, 1.165) is 33.3 Å². The fourth-order valence-corrected chi connectivity index (χ4v) is 4.37. The third kappa shape index (κ3) is 3.59. The van der Waals surface area contributed by atoms with Crippen molar-refractivity contribution >= 4 is 22.6 Å². The Balaban J connectivity index is 1.41. The molecule has 0 saturated carbocycles. The van der Waals surface area contributed by atoms with E-state index in [2.05, 4.69) is 22.8 Å². The molecule has 0 fully saturated rings. The van der Waals surface area contributed by atoms with E-state index in [0.29, 0.717) is 29.0 Å². The summed E-state index contributed by atoms with van der Waals surface area (Å²) in [5.74, 6) is 0.318. The Labute approximate surface area is 191 Å². The van der Waals surface area contributed by atoms with Crippen molar-refractivity contribution in [2.75, 3.05) is 13.7 Å². The zero-order valence-electron chi connectivity index (χ0n) is 18.5. The first-order valence-electron chi connectivity index (χ1n) is 10.7. The molecular formula is C27H23N3O3. The number of methoxy groups -OCH3 is 1. The molecule has 6 heteroatoms. The van der Waals surface area contributed by atoms with Crippen molar-refractivity contribution in [2.45, 2.75) is 13.5 Å². The minimum atomic E-state index is -0.196. The minimum absolute atomic E-state index is 0.0907. The monoisotopic (exact) mass is 437 g/mol. The van der Waals surface area contributed by atoms with Crippen molar-refractivity contribution in [1.82, 2.24) is 15.1 Å². The summed E-state index contributed by atoms with van der Waals surface area (Å²) in [4.78, 5) is 27.7. The molecule has 0 bridgehead atoms. The van der Waals surface area contributed by atoms with Crippen LogP contribution in [0.1, 0.15) is 32.0 Å². The largest absolute Gasteiger partial charge is 0.497 e. The number of amides is 1. The first-order chi connectivity index (χ1) is 16.0. The van der Waals surface area contributed by atoms with Gasteiger partial charge in [0.25, 0.3) is 5.91 Å². The molecule has 6 nitrogen and oxygen atoms in total. The number of hydrogen-bond acceptors (Lipinski definition) is 4. The highest BCUT2D eigenvalue weighted by Crippen LogP contribution is 2.34. The molecule has 33 heavy (non-hydrogen) atoms. The number of aryl methyl sites for hydroxylation is 1. The number of H-pyrrole nitrogens is 1. The maximum Gasteiger partial charge on any atom is 0.254 e. The van der Waals surface area contributed by atoms with Gasteiger partial charge in [-0.3, -0.25) is 14.7 Å². The number of ketones is 1. The van der Waals surface area contributed by atoms with Crippen LogP contribution < -0.4 is 4.74 Å². The zero-order valence-corrected chi connectivity index (χ0v) is 18.5. The Morgan fingerprint density at radius 3 is 2.73 bits per heavy atom. The molecule has 1 aliphatic rings. The smallest absolute Gasteiger partial charge is 0.254 e. The predicted molar refractivity (Wildman–Crippen MR) is 127 cm³/mol. The molecule has 4 aromatic rings. The number of aromatic nitrogens is 2. The quantitative estimate of drug-likeness (QED) is 0.342. The number of ether oxygens (including phenoxy) is 1. The van der Waals surface area contributed by atoms with E-state index < -0.39 is 0 Å². The predicted octanol–water partition coefficient (Wildman–Crippen LogP) is 4.94. The fourth-order valence-electron chi connectivity index (χ4n) is 4.37. The second-order valence-corrected chi connectivity index (χ2v) is 8.23. The third-order valence-corrected chi connectivity index (χ3v) is 6.14. The first kappa shape index (κ1) is 20.7. The van der Waals surface area contributed by atoms with Gasteiger partial charge in [-0.05, 0) is 53.9 Å². The van der Waals surface area contributed by atoms with E-state index in [4.69, 9.17) is 4.74 Å². The van der Waals surface area contributed by atoms with Gasteiger partial charge in [-0.15, -0.1) is 0 Å². The van der Waals surface area contributed by atoms with E-state index in [-0.39, 0.29) is 18.2 Å². The highest BCUT2D eigenvalue weighted by atomic mass is 16.5. The molecule has 0 spiro atoms. The van der Waals surface area contributed by atoms with Crippen LogP contribution in [-0.2, 0) is 6.54 Å². The molecule has 1 aliphatic heterocycles. The lowest BCUT2D eigenvalue weighted by Crippen LogP contribution is -2.28. The SMILES string of the molecule is C=C(CN1Cc2c(cccc2-c2ccc3[nH]nc(C)c3c2)C1=O)C(=O)c1cccc(OC)c1. The molecular weight excluding hydrogens is 414 g/mol. The second kappa shape index (κ2) is 8.06. The Kier molecular flexibility index (Phi) is 5.05. The zero-order chi connectivity index (χ0) is 23.1. The lowest BCUT2D eigenvalue weighted by Gasteiger charge is -2.17. The molecule has 0 atom stereocenters. The molecule has 0 radical (unpaired) electrons. The topological polar surface area (TPSA) is 75.3 Å². The number of carbonyl (C=O) groups is 2. The molecule has 1 amide bonds. The molecule has 0 saturated heterocycles. The summed E-state index contributed by atoms with van der Waals surface area (Å²) in [6.07, 6.45) is 0. The van der Waals surface area contributed by atoms with E-state index in [1.807, 2.05) is 37.3 Å². The molecule has 0 aliphatic carbocycles. The normalized spacial score (nSPS) is 12.8. The lowest BCUT2D eigenvalue weighted by molar-refractivity contribution is 0.0788. The Morgan fingerprint density at radius 2 is 1.91 bits per heavy atom. The summed E-state index contributed by atoms with van der Waals surface area (Å²) in [6, 6.07) is 18.9. The molecule has 2 heterocycles. The number of fused-ring (bicyclic) bond motifs is 2. The average Bonchev–Trinajstić information content (AvgIpc) is 3.37. The molecule has 1 aromatic heterocycles. The maximum absolute atomic E-state index is 13.1. The third-order valence-electron chi connectivity index (χ3n) is 6.14. The highest BCUT2D eigenvalue weighted by molar-refractivity contribution is 6.09. The van der Waals surface area contributed by atoms with Crippen LogP contribution in [0.4, 0.5) is 0 Å². The first-order valence-corrected chi connectivity index (χ1v) is 10.7. The number of Topliss-reactive ketones (excluding diaryl/α,β-unsaturated/α-hetero) is 1. The summed E-state index contributed by atoms with van der Waals surface area (Å²) >= 11 is 0. The van der Waals surface area contributed by atoms with E-state index >= 15 is 0 Å². The van der Waals surface area contributed by atoms with Crippen molar-refractivity contribution in [2.24, 2.45) is 0 Å². The number of nitrogens with zero attached hydrogens (tertiary/aromatic N) is 2. The van der Waals surface area contributed by atoms with Gasteiger partial charge in [0.05, 0.1) is 18.3 Å². The lowest BCUT2D eigenvalue weighted by atomic mass is 9.96. The van der Waals surface area contributed by atoms with Gasteiger partial charge < -0.3 is 9.64 Å². The number of carbonyl (C=O) groups excluding carboxylic acids is 2. The summed E-state index contributed by atoms with van der Waals surface area (Å²) in [5, 5.41) is 8.36. The summed E-state index contributed by atoms with van der Waals surface area (Å²) in [5.41, 5.74) is 6.44. The van der Waals surface area contributed by atoms with Crippen LogP contribution in [0, 0.1) is 6.92 Å². The van der Waals surface area contributed by atoms with Crippen LogP contribution in [0.5, 0.6) is 5.75 Å². The van der Waals surface area contributed by atoms with Gasteiger partial charge in [0.15, 0.2) is 5.78 Å². The van der Waals surface area contributed by atoms with Crippen molar-refractivity contribution in [3.8, 4) is 16.9 Å². The molecule has 164 valence electrons. The van der Waals surface area contributed by atoms with Crippen molar-refractivity contribution in [1.29, 1.82) is 0 Å². The average molecular weight is 437 g/mol. The summed E-state index contributed by atoms with van der Waals surface area (Å²) < 4.78 is 5.21. The summed E-state index contributed by atoms with van der Waals surface area (Å²) in [7, 11) is 1.56. The van der Waals surface area contributed by atoms with Gasteiger partial charge in [0, 0.05) is 35.2 Å². The molecule has 5 rings (SSSR count). The number of nitrogens with one attached hydrogen (secondary N) is 1. The molecule has 1 N–H and O–H groups in total. The van der Waals surface area contributed by atoms with Crippen molar-refractivity contribution < 1.29 is 14.3 Å². The van der Waals surface area contributed by atoms with E-state index in [9.17, 15) is 9.59 Å². The van der Waals surface area contributed by atoms with Gasteiger partial charge in [-0.1, -0.05) is 36.9 Å². The summed E-state index contributed by atoms with van der Waals surface area (Å²) in [6.45, 7) is 6.53. The number of rotatable bonds is 6. The number of aromatic amines is 1. The standard InChI is InChI=1S/C27H23N3O3/c1-16(26(31)19-6-4-7-20(12-19)33-3)14-30-15-24-21(8-5-9-22(24)27(30)32)18-10-11-25-23(13-18)17(2)28-29-25/h4-13H,1,14-15H2,2-3H3,(H,28,29). The minimum Gasteiger partial charge on any atom is -0.497 e. The Hall–Kier alpha value is -4.19. The Bertz CT molecular complexity index is 1430. The van der Waals surface area contributed by atoms with Crippen molar-refractivity contribution in [3.63, 3.8) is 0 Å².